The van der Waals surface area contributed by atoms with Crippen molar-refractivity contribution in [3.63, 3.8) is 0 Å². The minimum atomic E-state index is -0.370. The van der Waals surface area contributed by atoms with E-state index in [2.05, 4.69) is 39.9 Å². The van der Waals surface area contributed by atoms with E-state index >= 15 is 0 Å². The summed E-state index contributed by atoms with van der Waals surface area (Å²) in [6, 6.07) is 14.3. The number of carbonyl (C=O) groups excluding carboxylic acids is 2. The summed E-state index contributed by atoms with van der Waals surface area (Å²) >= 11 is 0. The van der Waals surface area contributed by atoms with Crippen LogP contribution in [0.2, 0.25) is 0 Å². The van der Waals surface area contributed by atoms with Gasteiger partial charge in [0, 0.05) is 72.7 Å². The highest BCUT2D eigenvalue weighted by molar-refractivity contribution is 6.31. The Morgan fingerprint density at radius 1 is 0.545 bits per heavy atom. The molecule has 0 bridgehead atoms. The van der Waals surface area contributed by atoms with Crippen molar-refractivity contribution >= 4 is 23.2 Å². The van der Waals surface area contributed by atoms with Crippen molar-refractivity contribution in [2.45, 2.75) is 0 Å². The van der Waals surface area contributed by atoms with E-state index in [1.165, 1.54) is 0 Å². The van der Waals surface area contributed by atoms with E-state index in [1.54, 1.807) is 73.8 Å². The molecule has 0 fully saturated rings. The lowest BCUT2D eigenvalue weighted by Crippen LogP contribution is -2.04. The third-order valence-corrected chi connectivity index (χ3v) is 7.21. The van der Waals surface area contributed by atoms with Crippen molar-refractivity contribution in [1.82, 2.24) is 19.9 Å². The molecule has 0 saturated heterocycles. The Balaban J connectivity index is 0.000000174. The first kappa shape index (κ1) is 26.3. The average molecular weight is 586 g/mol. The summed E-state index contributed by atoms with van der Waals surface area (Å²) in [5, 5.41) is 20.5. The highest BCUT2D eigenvalue weighted by Crippen LogP contribution is 2.38. The van der Waals surface area contributed by atoms with Crippen molar-refractivity contribution in [2.75, 3.05) is 0 Å². The number of carbonyl (C=O) groups is 2. The molecule has 214 valence electrons. The minimum Gasteiger partial charge on any atom is -0.494 e. The van der Waals surface area contributed by atoms with Crippen LogP contribution in [0.1, 0.15) is 45.8 Å². The van der Waals surface area contributed by atoms with Crippen LogP contribution in [-0.4, -0.2) is 53.4 Å². The fourth-order valence-electron chi connectivity index (χ4n) is 5.27. The van der Waals surface area contributed by atoms with Crippen LogP contribution in [0.25, 0.3) is 22.5 Å². The van der Waals surface area contributed by atoms with Gasteiger partial charge in [0.25, 0.3) is 11.8 Å². The molecule has 12 heteroatoms. The lowest BCUT2D eigenvalue weighted by atomic mass is 10.0. The van der Waals surface area contributed by atoms with E-state index in [9.17, 15) is 19.8 Å². The van der Waals surface area contributed by atoms with Crippen molar-refractivity contribution in [3.8, 4) is 34.3 Å². The Kier molecular flexibility index (Phi) is 6.40. The number of pyridine rings is 4. The van der Waals surface area contributed by atoms with E-state index in [4.69, 9.17) is 0 Å². The van der Waals surface area contributed by atoms with Crippen LogP contribution >= 0.6 is 0 Å². The van der Waals surface area contributed by atoms with Gasteiger partial charge in [0.05, 0.1) is 45.1 Å². The predicted octanol–water partition coefficient (Wildman–Crippen LogP) is 3.53. The predicted molar refractivity (Wildman–Crippen MR) is 161 cm³/mol. The molecular formula is C32H25N8O4+3. The van der Waals surface area contributed by atoms with E-state index in [0.29, 0.717) is 45.1 Å². The first-order valence-electron chi connectivity index (χ1n) is 13.4. The molecule has 0 atom stereocenters. The fourth-order valence-corrected chi connectivity index (χ4v) is 5.27. The summed E-state index contributed by atoms with van der Waals surface area (Å²) < 4.78 is 0. The van der Waals surface area contributed by atoms with Crippen LogP contribution < -0.4 is 9.97 Å². The molecule has 0 spiro atoms. The Bertz CT molecular complexity index is 1960. The van der Waals surface area contributed by atoms with Crippen LogP contribution in [0.4, 0.5) is 0 Å². The summed E-state index contributed by atoms with van der Waals surface area (Å²) in [6.07, 6.45) is 13.5. The molecule has 0 radical (unpaired) electrons. The molecule has 8 rings (SSSR count). The van der Waals surface area contributed by atoms with Gasteiger partial charge in [-0.3, -0.25) is 19.6 Å². The first-order chi connectivity index (χ1) is 21.5. The standard InChI is InChI=1S/2C16H10N4O2.H2/c2*21-15-11-12(14(20-15)10-3-7-18-8-4-10)16(22)19-13(11)9-1-5-17-6-2-9;/h2*1-8,19,22H;1H/p+3. The maximum Gasteiger partial charge on any atom is 1.00 e. The van der Waals surface area contributed by atoms with E-state index < -0.39 is 0 Å². The highest BCUT2D eigenvalue weighted by atomic mass is 16.3. The second-order valence-electron chi connectivity index (χ2n) is 9.78. The average Bonchev–Trinajstić information content (AvgIpc) is 3.81. The molecule has 2 amide bonds. The lowest BCUT2D eigenvalue weighted by molar-refractivity contribution is -0.378. The van der Waals surface area contributed by atoms with Crippen LogP contribution in [0.15, 0.2) is 108 Å². The first-order valence-corrected chi connectivity index (χ1v) is 13.4. The maximum absolute atomic E-state index is 12.3. The van der Waals surface area contributed by atoms with Gasteiger partial charge >= 0.3 is 1.43 Å². The van der Waals surface area contributed by atoms with Crippen LogP contribution in [-0.2, 0) is 0 Å². The second-order valence-corrected chi connectivity index (χ2v) is 9.78. The lowest BCUT2D eigenvalue weighted by Gasteiger charge is -1.99. The maximum atomic E-state index is 12.3. The molecule has 6 aromatic heterocycles. The number of nitrogens with one attached hydrogen (secondary N) is 4. The van der Waals surface area contributed by atoms with Crippen molar-refractivity contribution in [3.05, 3.63) is 131 Å². The van der Waals surface area contributed by atoms with Crippen molar-refractivity contribution in [1.29, 1.82) is 0 Å². The van der Waals surface area contributed by atoms with Gasteiger partial charge in [-0.1, -0.05) is 0 Å². The van der Waals surface area contributed by atoms with E-state index in [0.717, 1.165) is 22.3 Å². The minimum absolute atomic E-state index is 0. The quantitative estimate of drug-likeness (QED) is 0.245. The molecule has 0 saturated carbocycles. The summed E-state index contributed by atoms with van der Waals surface area (Å²) in [6.45, 7) is 0. The molecule has 44 heavy (non-hydrogen) atoms. The number of nitrogens with zero attached hydrogens (tertiary/aromatic N) is 4. The number of rotatable bonds is 4. The Hall–Kier alpha value is -6.56. The SMILES string of the molecule is O=C1N=C(c2cc[nH+]cc2)c2c(O)[nH]c(-c3cc[nH+]cc3)c21.O=C1N=C(c2ccncc2)c2c(O)[nH]c(-c3ccncc3)c21.[H+].[HH]. The molecule has 0 aliphatic carbocycles. The fraction of sp³-hybridized carbons (Fsp3) is 0. The van der Waals surface area contributed by atoms with Gasteiger partial charge < -0.3 is 20.2 Å². The van der Waals surface area contributed by atoms with Crippen LogP contribution in [0.3, 0.4) is 0 Å². The monoisotopic (exact) mass is 585 g/mol. The Morgan fingerprint density at radius 2 is 0.909 bits per heavy atom. The normalized spacial score (nSPS) is 13.1. The third-order valence-electron chi connectivity index (χ3n) is 7.21. The highest BCUT2D eigenvalue weighted by Gasteiger charge is 2.34. The molecule has 2 aliphatic rings. The van der Waals surface area contributed by atoms with Crippen molar-refractivity contribution in [2.24, 2.45) is 9.98 Å². The number of fused-ring (bicyclic) bond motifs is 2. The molecular weight excluding hydrogens is 560 g/mol. The third kappa shape index (κ3) is 4.43. The van der Waals surface area contributed by atoms with Crippen LogP contribution in [0.5, 0.6) is 11.8 Å². The number of hydrogen-bond donors (Lipinski definition) is 4. The van der Waals surface area contributed by atoms with Crippen LogP contribution in [0, 0.1) is 0 Å². The summed E-state index contributed by atoms with van der Waals surface area (Å²) in [4.78, 5) is 52.4. The summed E-state index contributed by atoms with van der Waals surface area (Å²) in [7, 11) is 0. The number of aromatic hydroxyl groups is 2. The Morgan fingerprint density at radius 3 is 1.36 bits per heavy atom. The number of H-pyrrole nitrogens is 4. The number of aromatic amines is 4. The van der Waals surface area contributed by atoms with Gasteiger partial charge in [-0.15, -0.1) is 0 Å². The number of hydrogen-bond acceptors (Lipinski definition) is 6. The number of aromatic nitrogens is 6. The largest absolute Gasteiger partial charge is 1.00 e. The zero-order valence-corrected chi connectivity index (χ0v) is 22.7. The molecule has 0 unspecified atom stereocenters. The molecule has 12 nitrogen and oxygen atoms in total. The molecule has 6 aromatic rings. The smallest absolute Gasteiger partial charge is 0.494 e. The van der Waals surface area contributed by atoms with Crippen molar-refractivity contribution < 1.29 is 32.6 Å². The number of amides is 2. The van der Waals surface area contributed by atoms with E-state index in [1.807, 2.05) is 24.3 Å². The number of aliphatic imine (C=N–C) groups is 2. The summed E-state index contributed by atoms with van der Waals surface area (Å²) in [5.41, 5.74) is 6.83. The zero-order chi connectivity index (χ0) is 30.2. The Labute approximate surface area is 251 Å². The topological polar surface area (TPSA) is 185 Å². The van der Waals surface area contributed by atoms with Gasteiger partial charge in [-0.25, -0.2) is 20.0 Å². The van der Waals surface area contributed by atoms with Gasteiger partial charge in [-0.05, 0) is 24.3 Å². The molecule has 8 heterocycles. The van der Waals surface area contributed by atoms with Gasteiger partial charge in [0.2, 0.25) is 0 Å². The van der Waals surface area contributed by atoms with Gasteiger partial charge in [-0.2, -0.15) is 0 Å². The molecule has 6 N–H and O–H groups in total. The zero-order valence-electron chi connectivity index (χ0n) is 23.7. The molecule has 0 aromatic carbocycles. The molecule has 2 aliphatic heterocycles. The van der Waals surface area contributed by atoms with Gasteiger partial charge in [0.15, 0.2) is 36.5 Å². The van der Waals surface area contributed by atoms with E-state index in [-0.39, 0.29) is 26.4 Å². The second kappa shape index (κ2) is 10.7. The van der Waals surface area contributed by atoms with Gasteiger partial charge in [0.1, 0.15) is 0 Å². The summed E-state index contributed by atoms with van der Waals surface area (Å²) in [5.74, 6) is -0.833.